The van der Waals surface area contributed by atoms with Crippen LogP contribution < -0.4 is 0 Å². The largest absolute Gasteiger partial charge is 0.390 e. The number of rotatable bonds is 3. The van der Waals surface area contributed by atoms with E-state index in [4.69, 9.17) is 11.6 Å². The quantitative estimate of drug-likeness (QED) is 0.835. The maximum absolute atomic E-state index is 10.2. The molecule has 1 rings (SSSR count). The Morgan fingerprint density at radius 1 is 1.07 bits per heavy atom. The molecule has 0 heterocycles. The fourth-order valence-corrected chi connectivity index (χ4v) is 1.88. The molecule has 0 bridgehead atoms. The molecule has 3 heteroatoms. The Balaban J connectivity index is 2.90. The van der Waals surface area contributed by atoms with Gasteiger partial charge in [0.2, 0.25) is 0 Å². The predicted octanol–water partition coefficient (Wildman–Crippen LogP) is 2.71. The van der Waals surface area contributed by atoms with Crippen LogP contribution in [0, 0.1) is 0 Å². The Morgan fingerprint density at radius 2 is 1.53 bits per heavy atom. The van der Waals surface area contributed by atoms with E-state index in [1.54, 1.807) is 45.0 Å². The molecule has 1 aromatic rings. The van der Waals surface area contributed by atoms with Crippen molar-refractivity contribution >= 4 is 11.6 Å². The molecule has 0 saturated carbocycles. The smallest absolute Gasteiger partial charge is 0.0895 e. The Kier molecular flexibility index (Phi) is 3.44. The molecule has 0 aromatic heterocycles. The van der Waals surface area contributed by atoms with Crippen molar-refractivity contribution < 1.29 is 10.2 Å². The maximum Gasteiger partial charge on any atom is 0.0895 e. The van der Waals surface area contributed by atoms with Gasteiger partial charge in [-0.25, -0.2) is 0 Å². The van der Waals surface area contributed by atoms with Crippen molar-refractivity contribution in [3.63, 3.8) is 0 Å². The standard InChI is InChI=1S/C12H17ClO2/c1-11(2,14)8-12(3,15)9-4-6-10(13)7-5-9/h4-7,14-15H,8H2,1-3H3/t12-/m0/s1. The molecule has 0 aliphatic carbocycles. The minimum Gasteiger partial charge on any atom is -0.390 e. The Hall–Kier alpha value is -0.570. The van der Waals surface area contributed by atoms with Crippen LogP contribution in [0.15, 0.2) is 24.3 Å². The van der Waals surface area contributed by atoms with Crippen molar-refractivity contribution in [2.24, 2.45) is 0 Å². The lowest BCUT2D eigenvalue weighted by Crippen LogP contribution is -2.33. The second-order valence-corrected chi connectivity index (χ2v) is 5.21. The molecule has 2 nitrogen and oxygen atoms in total. The SMILES string of the molecule is CC(C)(O)C[C@](C)(O)c1ccc(Cl)cc1. The molecule has 0 aliphatic rings. The summed E-state index contributed by atoms with van der Waals surface area (Å²) < 4.78 is 0. The second kappa shape index (κ2) is 4.12. The Bertz CT molecular complexity index is 322. The molecular formula is C12H17ClO2. The molecule has 0 fully saturated rings. The van der Waals surface area contributed by atoms with E-state index in [0.717, 1.165) is 5.56 Å². The lowest BCUT2D eigenvalue weighted by atomic mass is 9.85. The molecule has 2 N–H and O–H groups in total. The van der Waals surface area contributed by atoms with Crippen molar-refractivity contribution in [2.45, 2.75) is 38.4 Å². The molecule has 0 aliphatic heterocycles. The van der Waals surface area contributed by atoms with Crippen molar-refractivity contribution in [2.75, 3.05) is 0 Å². The van der Waals surface area contributed by atoms with E-state index in [1.165, 1.54) is 0 Å². The highest BCUT2D eigenvalue weighted by Crippen LogP contribution is 2.30. The van der Waals surface area contributed by atoms with Crippen molar-refractivity contribution in [3.8, 4) is 0 Å². The van der Waals surface area contributed by atoms with E-state index in [-0.39, 0.29) is 6.42 Å². The third-order valence-corrected chi connectivity index (χ3v) is 2.49. The van der Waals surface area contributed by atoms with Gasteiger partial charge in [-0.2, -0.15) is 0 Å². The third-order valence-electron chi connectivity index (χ3n) is 2.24. The number of benzene rings is 1. The summed E-state index contributed by atoms with van der Waals surface area (Å²) in [4.78, 5) is 0. The minimum absolute atomic E-state index is 0.279. The van der Waals surface area contributed by atoms with Crippen molar-refractivity contribution in [1.82, 2.24) is 0 Å². The van der Waals surface area contributed by atoms with Gasteiger partial charge < -0.3 is 10.2 Å². The van der Waals surface area contributed by atoms with E-state index < -0.39 is 11.2 Å². The van der Waals surface area contributed by atoms with Crippen LogP contribution in [0.1, 0.15) is 32.8 Å². The van der Waals surface area contributed by atoms with E-state index in [1.807, 2.05) is 0 Å². The summed E-state index contributed by atoms with van der Waals surface area (Å²) in [5, 5.41) is 20.5. The lowest BCUT2D eigenvalue weighted by Gasteiger charge is -2.30. The third kappa shape index (κ3) is 3.82. The summed E-state index contributed by atoms with van der Waals surface area (Å²) in [7, 11) is 0. The molecule has 84 valence electrons. The first kappa shape index (κ1) is 12.5. The van der Waals surface area contributed by atoms with E-state index in [2.05, 4.69) is 0 Å². The molecule has 0 unspecified atom stereocenters. The van der Waals surface area contributed by atoms with Gasteiger partial charge >= 0.3 is 0 Å². The summed E-state index contributed by atoms with van der Waals surface area (Å²) in [5.74, 6) is 0. The Morgan fingerprint density at radius 3 is 1.93 bits per heavy atom. The van der Waals surface area contributed by atoms with Gasteiger partial charge in [0.15, 0.2) is 0 Å². The summed E-state index contributed by atoms with van der Waals surface area (Å²) in [6.07, 6.45) is 0.279. The zero-order valence-electron chi connectivity index (χ0n) is 9.29. The monoisotopic (exact) mass is 228 g/mol. The average molecular weight is 229 g/mol. The highest BCUT2D eigenvalue weighted by molar-refractivity contribution is 6.30. The number of hydrogen-bond donors (Lipinski definition) is 2. The second-order valence-electron chi connectivity index (χ2n) is 4.77. The number of hydrogen-bond acceptors (Lipinski definition) is 2. The van der Waals surface area contributed by atoms with Gasteiger partial charge in [-0.05, 0) is 38.5 Å². The first-order valence-corrected chi connectivity index (χ1v) is 5.29. The van der Waals surface area contributed by atoms with Gasteiger partial charge in [-0.1, -0.05) is 23.7 Å². The summed E-state index contributed by atoms with van der Waals surface area (Å²) in [6, 6.07) is 7.01. The van der Waals surface area contributed by atoms with Gasteiger partial charge in [0.1, 0.15) is 0 Å². The fraction of sp³-hybridized carbons (Fsp3) is 0.500. The molecule has 1 atom stereocenters. The summed E-state index contributed by atoms with van der Waals surface area (Å²) >= 11 is 5.76. The van der Waals surface area contributed by atoms with Crippen LogP contribution in [-0.2, 0) is 5.60 Å². The predicted molar refractivity (Wildman–Crippen MR) is 61.9 cm³/mol. The molecule has 1 aromatic carbocycles. The van der Waals surface area contributed by atoms with Crippen LogP contribution in [0.2, 0.25) is 5.02 Å². The van der Waals surface area contributed by atoms with Crippen LogP contribution in [0.5, 0.6) is 0 Å². The summed E-state index contributed by atoms with van der Waals surface area (Å²) in [5.41, 5.74) is -1.18. The zero-order valence-corrected chi connectivity index (χ0v) is 10.0. The van der Waals surface area contributed by atoms with E-state index >= 15 is 0 Å². The molecular weight excluding hydrogens is 212 g/mol. The first-order chi connectivity index (χ1) is 6.71. The number of aliphatic hydroxyl groups is 2. The van der Waals surface area contributed by atoms with Gasteiger partial charge in [0, 0.05) is 11.4 Å². The van der Waals surface area contributed by atoms with Gasteiger partial charge in [-0.15, -0.1) is 0 Å². The van der Waals surface area contributed by atoms with E-state index in [9.17, 15) is 10.2 Å². The van der Waals surface area contributed by atoms with Crippen LogP contribution in [0.4, 0.5) is 0 Å². The van der Waals surface area contributed by atoms with E-state index in [0.29, 0.717) is 5.02 Å². The topological polar surface area (TPSA) is 40.5 Å². The zero-order chi connectivity index (χ0) is 11.7. The first-order valence-electron chi connectivity index (χ1n) is 4.91. The van der Waals surface area contributed by atoms with Gasteiger partial charge in [0.25, 0.3) is 0 Å². The highest BCUT2D eigenvalue weighted by atomic mass is 35.5. The van der Waals surface area contributed by atoms with Gasteiger partial charge in [-0.3, -0.25) is 0 Å². The van der Waals surface area contributed by atoms with Crippen molar-refractivity contribution in [3.05, 3.63) is 34.9 Å². The maximum atomic E-state index is 10.2. The normalized spacial score (nSPS) is 16.1. The van der Waals surface area contributed by atoms with Gasteiger partial charge in [0.05, 0.1) is 11.2 Å². The van der Waals surface area contributed by atoms with Crippen LogP contribution in [0.25, 0.3) is 0 Å². The lowest BCUT2D eigenvalue weighted by molar-refractivity contribution is -0.0390. The van der Waals surface area contributed by atoms with Crippen molar-refractivity contribution in [1.29, 1.82) is 0 Å². The Labute approximate surface area is 95.5 Å². The van der Waals surface area contributed by atoms with Crippen LogP contribution in [-0.4, -0.2) is 15.8 Å². The molecule has 0 radical (unpaired) electrons. The van der Waals surface area contributed by atoms with Crippen LogP contribution >= 0.6 is 11.6 Å². The molecule has 0 amide bonds. The highest BCUT2D eigenvalue weighted by Gasteiger charge is 2.30. The average Bonchev–Trinajstić information content (AvgIpc) is 2.00. The molecule has 15 heavy (non-hydrogen) atoms. The van der Waals surface area contributed by atoms with Crippen LogP contribution in [0.3, 0.4) is 0 Å². The molecule has 0 saturated heterocycles. The minimum atomic E-state index is -1.04. The molecule has 0 spiro atoms. The summed E-state index contributed by atoms with van der Waals surface area (Å²) in [6.45, 7) is 5.04. The fourth-order valence-electron chi connectivity index (χ4n) is 1.75. The number of halogens is 1.